The summed E-state index contributed by atoms with van der Waals surface area (Å²) in [7, 11) is 1.54. The number of aryl methyl sites for hydroxylation is 1. The smallest absolute Gasteiger partial charge is 0.416 e. The summed E-state index contributed by atoms with van der Waals surface area (Å²) in [5.74, 6) is 0.663. The van der Waals surface area contributed by atoms with Crippen LogP contribution in [0.5, 0.6) is 5.75 Å². The maximum Gasteiger partial charge on any atom is 0.416 e. The molecule has 23 heavy (non-hydrogen) atoms. The van der Waals surface area contributed by atoms with Crippen LogP contribution in [0.2, 0.25) is 0 Å². The Morgan fingerprint density at radius 3 is 2.22 bits per heavy atom. The van der Waals surface area contributed by atoms with E-state index in [4.69, 9.17) is 4.74 Å². The van der Waals surface area contributed by atoms with Gasteiger partial charge in [-0.25, -0.2) is 4.79 Å². The second-order valence-corrected chi connectivity index (χ2v) is 4.84. The van der Waals surface area contributed by atoms with E-state index in [2.05, 4.69) is 10.6 Å². The highest BCUT2D eigenvalue weighted by Gasteiger charge is 2.29. The number of alkyl halides is 3. The molecule has 0 radical (unpaired) electrons. The van der Waals surface area contributed by atoms with Crippen LogP contribution < -0.4 is 15.4 Å². The molecule has 2 rings (SSSR count). The van der Waals surface area contributed by atoms with Crippen molar-refractivity contribution in [1.29, 1.82) is 0 Å². The van der Waals surface area contributed by atoms with Gasteiger partial charge >= 0.3 is 12.2 Å². The minimum atomic E-state index is -4.40. The summed E-state index contributed by atoms with van der Waals surface area (Å²) in [4.78, 5) is 11.9. The second-order valence-electron chi connectivity index (χ2n) is 4.84. The van der Waals surface area contributed by atoms with Crippen LogP contribution in [0.25, 0.3) is 0 Å². The lowest BCUT2D eigenvalue weighted by molar-refractivity contribution is -0.137. The quantitative estimate of drug-likeness (QED) is 0.862. The zero-order chi connectivity index (χ0) is 17.0. The van der Waals surface area contributed by atoms with Crippen LogP contribution in [-0.4, -0.2) is 13.1 Å². The van der Waals surface area contributed by atoms with Crippen molar-refractivity contribution < 1.29 is 22.7 Å². The molecule has 0 spiro atoms. The Kier molecular flexibility index (Phi) is 4.78. The van der Waals surface area contributed by atoms with E-state index in [-0.39, 0.29) is 5.69 Å². The number of ether oxygens (including phenoxy) is 1. The molecule has 0 aliphatic carbocycles. The standard InChI is InChI=1S/C16H15F3N2O2/c1-10-9-13(23-2)7-8-14(10)21-15(22)20-12-5-3-11(4-6-12)16(17,18)19/h3-9H,1-2H3,(H2,20,21,22). The number of methoxy groups -OCH3 is 1. The van der Waals surface area contributed by atoms with Gasteiger partial charge < -0.3 is 15.4 Å². The Hall–Kier alpha value is -2.70. The average molecular weight is 324 g/mol. The SMILES string of the molecule is COc1ccc(NC(=O)Nc2ccc(C(F)(F)F)cc2)c(C)c1. The number of rotatable bonds is 3. The van der Waals surface area contributed by atoms with Gasteiger partial charge in [0.2, 0.25) is 0 Å². The van der Waals surface area contributed by atoms with E-state index in [1.807, 2.05) is 0 Å². The molecule has 0 saturated heterocycles. The number of amides is 2. The Morgan fingerprint density at radius 2 is 1.70 bits per heavy atom. The van der Waals surface area contributed by atoms with E-state index in [1.54, 1.807) is 32.2 Å². The highest BCUT2D eigenvalue weighted by molar-refractivity contribution is 6.00. The first-order chi connectivity index (χ1) is 10.8. The minimum absolute atomic E-state index is 0.265. The van der Waals surface area contributed by atoms with E-state index in [1.165, 1.54) is 12.1 Å². The van der Waals surface area contributed by atoms with Gasteiger partial charge in [-0.15, -0.1) is 0 Å². The van der Waals surface area contributed by atoms with E-state index < -0.39 is 17.8 Å². The number of hydrogen-bond acceptors (Lipinski definition) is 2. The van der Waals surface area contributed by atoms with E-state index in [9.17, 15) is 18.0 Å². The molecule has 4 nitrogen and oxygen atoms in total. The van der Waals surface area contributed by atoms with Crippen LogP contribution in [0.15, 0.2) is 42.5 Å². The number of carbonyl (C=O) groups excluding carboxylic acids is 1. The lowest BCUT2D eigenvalue weighted by Gasteiger charge is -2.12. The summed E-state index contributed by atoms with van der Waals surface area (Å²) in [5, 5.41) is 5.10. The van der Waals surface area contributed by atoms with Crippen molar-refractivity contribution in [2.24, 2.45) is 0 Å². The first-order valence-electron chi connectivity index (χ1n) is 6.69. The van der Waals surface area contributed by atoms with Crippen LogP contribution in [0.4, 0.5) is 29.3 Å². The van der Waals surface area contributed by atoms with Gasteiger partial charge in [0, 0.05) is 11.4 Å². The van der Waals surface area contributed by atoms with Gasteiger partial charge in [0.15, 0.2) is 0 Å². The zero-order valence-corrected chi connectivity index (χ0v) is 12.5. The van der Waals surface area contributed by atoms with Gasteiger partial charge in [-0.05, 0) is 55.0 Å². The Bertz CT molecular complexity index is 697. The van der Waals surface area contributed by atoms with Crippen LogP contribution in [0.1, 0.15) is 11.1 Å². The highest BCUT2D eigenvalue weighted by Crippen LogP contribution is 2.29. The molecule has 0 saturated carbocycles. The van der Waals surface area contributed by atoms with Crippen molar-refractivity contribution in [1.82, 2.24) is 0 Å². The fraction of sp³-hybridized carbons (Fsp3) is 0.188. The summed E-state index contributed by atoms with van der Waals surface area (Å²) in [6, 6.07) is 8.81. The molecular formula is C16H15F3N2O2. The topological polar surface area (TPSA) is 50.4 Å². The average Bonchev–Trinajstić information content (AvgIpc) is 2.49. The van der Waals surface area contributed by atoms with Crippen LogP contribution in [-0.2, 0) is 6.18 Å². The molecule has 0 unspecified atom stereocenters. The third kappa shape index (κ3) is 4.38. The highest BCUT2D eigenvalue weighted by atomic mass is 19.4. The van der Waals surface area contributed by atoms with Crippen LogP contribution in [0.3, 0.4) is 0 Å². The number of halogens is 3. The summed E-state index contributed by atoms with van der Waals surface area (Å²) in [6.07, 6.45) is -4.40. The van der Waals surface area contributed by atoms with Crippen LogP contribution >= 0.6 is 0 Å². The minimum Gasteiger partial charge on any atom is -0.497 e. The lowest BCUT2D eigenvalue weighted by Crippen LogP contribution is -2.20. The number of benzene rings is 2. The lowest BCUT2D eigenvalue weighted by atomic mass is 10.2. The normalized spacial score (nSPS) is 11.0. The number of carbonyl (C=O) groups is 1. The molecule has 2 amide bonds. The van der Waals surface area contributed by atoms with Crippen LogP contribution in [0, 0.1) is 6.92 Å². The molecule has 0 fully saturated rings. The predicted octanol–water partition coefficient (Wildman–Crippen LogP) is 4.67. The van der Waals surface area contributed by atoms with Crippen molar-refractivity contribution in [3.63, 3.8) is 0 Å². The molecule has 0 aliphatic heterocycles. The van der Waals surface area contributed by atoms with Gasteiger partial charge in [-0.1, -0.05) is 0 Å². The van der Waals surface area contributed by atoms with Gasteiger partial charge in [-0.3, -0.25) is 0 Å². The molecule has 0 bridgehead atoms. The largest absolute Gasteiger partial charge is 0.497 e. The molecule has 0 aromatic heterocycles. The third-order valence-corrected chi connectivity index (χ3v) is 3.15. The molecule has 7 heteroatoms. The fourth-order valence-electron chi connectivity index (χ4n) is 1.93. The van der Waals surface area contributed by atoms with Crippen molar-refractivity contribution in [2.75, 3.05) is 17.7 Å². The molecule has 2 N–H and O–H groups in total. The molecule has 0 heterocycles. The molecule has 0 atom stereocenters. The number of nitrogens with one attached hydrogen (secondary N) is 2. The zero-order valence-electron chi connectivity index (χ0n) is 12.5. The summed E-state index contributed by atoms with van der Waals surface area (Å²) < 4.78 is 42.5. The number of anilines is 2. The van der Waals surface area contributed by atoms with E-state index in [0.29, 0.717) is 11.4 Å². The first-order valence-corrected chi connectivity index (χ1v) is 6.69. The van der Waals surface area contributed by atoms with Crippen molar-refractivity contribution in [3.05, 3.63) is 53.6 Å². The van der Waals surface area contributed by atoms with Gasteiger partial charge in [0.25, 0.3) is 0 Å². The van der Waals surface area contributed by atoms with Crippen molar-refractivity contribution >= 4 is 17.4 Å². The Morgan fingerprint density at radius 1 is 1.04 bits per heavy atom. The van der Waals surface area contributed by atoms with Gasteiger partial charge in [0.1, 0.15) is 5.75 Å². The Balaban J connectivity index is 2.02. The summed E-state index contributed by atoms with van der Waals surface area (Å²) in [5.41, 5.74) is 0.873. The van der Waals surface area contributed by atoms with Gasteiger partial charge in [-0.2, -0.15) is 13.2 Å². The maximum absolute atomic E-state index is 12.5. The monoisotopic (exact) mass is 324 g/mol. The molecule has 2 aromatic rings. The summed E-state index contributed by atoms with van der Waals surface area (Å²) in [6.45, 7) is 1.80. The Labute approximate surface area is 131 Å². The summed E-state index contributed by atoms with van der Waals surface area (Å²) >= 11 is 0. The van der Waals surface area contributed by atoms with Crippen molar-refractivity contribution in [2.45, 2.75) is 13.1 Å². The number of urea groups is 1. The number of hydrogen-bond donors (Lipinski definition) is 2. The molecule has 2 aromatic carbocycles. The van der Waals surface area contributed by atoms with E-state index in [0.717, 1.165) is 17.7 Å². The maximum atomic E-state index is 12.5. The fourth-order valence-corrected chi connectivity index (χ4v) is 1.93. The van der Waals surface area contributed by atoms with Gasteiger partial charge in [0.05, 0.1) is 12.7 Å². The van der Waals surface area contributed by atoms with Crippen molar-refractivity contribution in [3.8, 4) is 5.75 Å². The van der Waals surface area contributed by atoms with E-state index >= 15 is 0 Å². The second kappa shape index (κ2) is 6.60. The molecular weight excluding hydrogens is 309 g/mol. The molecule has 0 aliphatic rings. The molecule has 122 valence electrons. The predicted molar refractivity (Wildman–Crippen MR) is 81.8 cm³/mol. The first kappa shape index (κ1) is 16.7. The third-order valence-electron chi connectivity index (χ3n) is 3.15.